The van der Waals surface area contributed by atoms with Crippen LogP contribution in [0.2, 0.25) is 0 Å². The van der Waals surface area contributed by atoms with E-state index in [4.69, 9.17) is 14.8 Å². The number of rotatable bonds is 9. The van der Waals surface area contributed by atoms with Crippen LogP contribution in [-0.2, 0) is 17.6 Å². The van der Waals surface area contributed by atoms with Crippen molar-refractivity contribution in [3.05, 3.63) is 87.1 Å². The van der Waals surface area contributed by atoms with Crippen molar-refractivity contribution >= 4 is 17.5 Å². The minimum atomic E-state index is 0.0470. The molecule has 0 saturated heterocycles. The van der Waals surface area contributed by atoms with E-state index >= 15 is 0 Å². The zero-order valence-electron chi connectivity index (χ0n) is 22.9. The normalized spacial score (nSPS) is 17.4. The molecule has 2 aromatic heterocycles. The summed E-state index contributed by atoms with van der Waals surface area (Å²) in [5.74, 6) is 2.04. The number of hydrogen-bond donors (Lipinski definition) is 0. The molecule has 0 amide bonds. The minimum Gasteiger partial charge on any atom is -0.368 e. The molecule has 1 fully saturated rings. The van der Waals surface area contributed by atoms with Crippen molar-refractivity contribution in [2.45, 2.75) is 70.9 Å². The van der Waals surface area contributed by atoms with Crippen LogP contribution in [0.3, 0.4) is 0 Å². The predicted octanol–water partition coefficient (Wildman–Crippen LogP) is 6.10. The third kappa shape index (κ3) is 5.66. The molecule has 4 aromatic rings. The van der Waals surface area contributed by atoms with E-state index < -0.39 is 0 Å². The quantitative estimate of drug-likeness (QED) is 0.238. The molecule has 7 nitrogen and oxygen atoms in total. The molecule has 1 saturated carbocycles. The van der Waals surface area contributed by atoms with Gasteiger partial charge >= 0.3 is 0 Å². The Kier molecular flexibility index (Phi) is 8.49. The number of aromatic nitrogens is 4. The molecule has 0 N–H and O–H groups in total. The summed E-state index contributed by atoms with van der Waals surface area (Å²) in [5.41, 5.74) is 5.40. The van der Waals surface area contributed by atoms with Gasteiger partial charge in [0.2, 0.25) is 5.78 Å². The monoisotopic (exact) mass is 541 g/mol. The first-order valence-corrected chi connectivity index (χ1v) is 15.1. The maximum Gasteiger partial charge on any atom is 0.259 e. The second-order valence-corrected chi connectivity index (χ2v) is 11.1. The molecule has 0 spiro atoms. The Morgan fingerprint density at radius 2 is 1.85 bits per heavy atom. The lowest BCUT2D eigenvalue weighted by molar-refractivity contribution is 0.0486. The van der Waals surface area contributed by atoms with Gasteiger partial charge in [0.1, 0.15) is 5.82 Å². The lowest BCUT2D eigenvalue weighted by Gasteiger charge is -2.30. The number of nitriles is 1. The first-order valence-electron chi connectivity index (χ1n) is 13.7. The molecule has 0 bridgehead atoms. The highest BCUT2D eigenvalue weighted by molar-refractivity contribution is 7.98. The Morgan fingerprint density at radius 3 is 2.54 bits per heavy atom. The highest BCUT2D eigenvalue weighted by Gasteiger charge is 2.28. The average molecular weight is 542 g/mol. The number of nitrogens with zero attached hydrogens (tertiary/aromatic N) is 5. The van der Waals surface area contributed by atoms with E-state index in [2.05, 4.69) is 25.1 Å². The predicted molar refractivity (Wildman–Crippen MR) is 156 cm³/mol. The van der Waals surface area contributed by atoms with Gasteiger partial charge in [-0.25, -0.2) is 4.52 Å². The maximum atomic E-state index is 14.2. The maximum absolute atomic E-state index is 14.2. The second kappa shape index (κ2) is 12.2. The summed E-state index contributed by atoms with van der Waals surface area (Å²) in [6.07, 6.45) is 8.15. The van der Waals surface area contributed by atoms with E-state index in [0.717, 1.165) is 66.5 Å². The fourth-order valence-electron chi connectivity index (χ4n) is 5.70. The van der Waals surface area contributed by atoms with Crippen LogP contribution in [0.25, 0.3) is 16.9 Å². The van der Waals surface area contributed by atoms with Crippen molar-refractivity contribution in [1.82, 2.24) is 19.2 Å². The van der Waals surface area contributed by atoms with Crippen LogP contribution in [-0.4, -0.2) is 37.5 Å². The van der Waals surface area contributed by atoms with Crippen molar-refractivity contribution in [3.8, 4) is 17.2 Å². The number of hydrogen-bond acceptors (Lipinski definition) is 6. The molecule has 0 unspecified atom stereocenters. The smallest absolute Gasteiger partial charge is 0.259 e. The topological polar surface area (TPSA) is 85.2 Å². The van der Waals surface area contributed by atoms with Gasteiger partial charge in [-0.1, -0.05) is 55.8 Å². The Balaban J connectivity index is 1.52. The lowest BCUT2D eigenvalue weighted by Crippen LogP contribution is -2.35. The number of thioether (sulfide) groups is 1. The average Bonchev–Trinajstić information content (AvgIpc) is 3.35. The van der Waals surface area contributed by atoms with E-state index in [-0.39, 0.29) is 17.7 Å². The first-order chi connectivity index (χ1) is 19.0. The number of aryl methyl sites for hydroxylation is 2. The molecule has 202 valence electrons. The van der Waals surface area contributed by atoms with Gasteiger partial charge in [0.25, 0.3) is 5.56 Å². The summed E-state index contributed by atoms with van der Waals surface area (Å²) in [5, 5.41) is 14.3. The van der Waals surface area contributed by atoms with Crippen molar-refractivity contribution in [2.24, 2.45) is 0 Å². The van der Waals surface area contributed by atoms with Gasteiger partial charge in [0, 0.05) is 18.0 Å². The fourth-order valence-corrected chi connectivity index (χ4v) is 6.03. The molecule has 39 heavy (non-hydrogen) atoms. The summed E-state index contributed by atoms with van der Waals surface area (Å²) >= 11 is 1.70. The third-order valence-electron chi connectivity index (χ3n) is 7.60. The van der Waals surface area contributed by atoms with E-state index in [9.17, 15) is 10.1 Å². The van der Waals surface area contributed by atoms with E-state index in [1.54, 1.807) is 11.8 Å². The summed E-state index contributed by atoms with van der Waals surface area (Å²) < 4.78 is 9.81. The molecule has 5 rings (SSSR count). The van der Waals surface area contributed by atoms with Crippen LogP contribution in [0.5, 0.6) is 0 Å². The van der Waals surface area contributed by atoms with Gasteiger partial charge in [-0.2, -0.15) is 15.3 Å². The van der Waals surface area contributed by atoms with Crippen LogP contribution in [0.4, 0.5) is 0 Å². The Bertz CT molecular complexity index is 1540. The molecule has 0 aliphatic heterocycles. The largest absolute Gasteiger partial charge is 0.368 e. The molecule has 1 aliphatic carbocycles. The van der Waals surface area contributed by atoms with Gasteiger partial charge in [-0.15, -0.1) is 11.8 Å². The van der Waals surface area contributed by atoms with E-state index in [1.807, 2.05) is 58.7 Å². The lowest BCUT2D eigenvalue weighted by atomic mass is 9.92. The van der Waals surface area contributed by atoms with Crippen molar-refractivity contribution in [1.29, 1.82) is 5.26 Å². The summed E-state index contributed by atoms with van der Waals surface area (Å²) in [6.45, 7) is 4.02. The molecule has 2 heterocycles. The fraction of sp³-hybridized carbons (Fsp3) is 0.419. The molecular formula is C31H35N5O2S. The summed E-state index contributed by atoms with van der Waals surface area (Å²) in [7, 11) is 0. The molecule has 8 heteroatoms. The van der Waals surface area contributed by atoms with Crippen LogP contribution < -0.4 is 5.56 Å². The Morgan fingerprint density at radius 1 is 1.10 bits per heavy atom. The zero-order chi connectivity index (χ0) is 27.4. The Hall–Kier alpha value is -3.41. The number of benzene rings is 2. The standard InChI is InChI=1S/C31H35N5O2S/c1-4-7-29-28(18-22-10-12-23(13-11-22)27-9-6-5-8-24(27)19-32)30(37)35(31-33-21(2)34-36(29)31)25-14-16-26(17-15-25)38-20-39-3/h5-6,8-13,25-26H,4,7,14-18,20H2,1-3H3. The van der Waals surface area contributed by atoms with Gasteiger partial charge in [-0.05, 0) is 68.0 Å². The van der Waals surface area contributed by atoms with Crippen LogP contribution >= 0.6 is 11.8 Å². The van der Waals surface area contributed by atoms with E-state index in [0.29, 0.717) is 29.5 Å². The summed E-state index contributed by atoms with van der Waals surface area (Å²) in [6, 6.07) is 18.2. The first kappa shape index (κ1) is 27.2. The number of fused-ring (bicyclic) bond motifs is 1. The highest BCUT2D eigenvalue weighted by atomic mass is 32.2. The summed E-state index contributed by atoms with van der Waals surface area (Å²) in [4.78, 5) is 19.0. The molecule has 2 aromatic carbocycles. The second-order valence-electron chi connectivity index (χ2n) is 10.3. The van der Waals surface area contributed by atoms with Crippen molar-refractivity contribution in [3.63, 3.8) is 0 Å². The van der Waals surface area contributed by atoms with Crippen LogP contribution in [0, 0.1) is 18.3 Å². The van der Waals surface area contributed by atoms with Crippen molar-refractivity contribution < 1.29 is 4.74 Å². The third-order valence-corrected chi connectivity index (χ3v) is 7.97. The zero-order valence-corrected chi connectivity index (χ0v) is 23.7. The van der Waals surface area contributed by atoms with Crippen LogP contribution in [0.1, 0.15) is 73.3 Å². The van der Waals surface area contributed by atoms with Gasteiger partial charge in [-0.3, -0.25) is 9.36 Å². The molecular weight excluding hydrogens is 506 g/mol. The Labute approximate surface area is 233 Å². The minimum absolute atomic E-state index is 0.0470. The van der Waals surface area contributed by atoms with Gasteiger partial charge < -0.3 is 4.74 Å². The van der Waals surface area contributed by atoms with Crippen molar-refractivity contribution in [2.75, 3.05) is 12.2 Å². The number of ether oxygens (including phenoxy) is 1. The molecule has 1 aliphatic rings. The van der Waals surface area contributed by atoms with Crippen LogP contribution in [0.15, 0.2) is 53.3 Å². The SMILES string of the molecule is CCCc1c(Cc2ccc(-c3ccccc3C#N)cc2)c(=O)n(C2CCC(OCSC)CC2)c2nc(C)nn12. The molecule has 0 atom stereocenters. The highest BCUT2D eigenvalue weighted by Crippen LogP contribution is 2.31. The van der Waals surface area contributed by atoms with Gasteiger partial charge in [0.15, 0.2) is 0 Å². The molecule has 0 radical (unpaired) electrons. The van der Waals surface area contributed by atoms with E-state index in [1.165, 1.54) is 0 Å². The van der Waals surface area contributed by atoms with Gasteiger partial charge in [0.05, 0.1) is 29.4 Å².